The maximum Gasteiger partial charge on any atom is 0.418 e. The lowest BCUT2D eigenvalue weighted by Crippen LogP contribution is -2.49. The summed E-state index contributed by atoms with van der Waals surface area (Å²) in [5.74, 6) is 0.0550. The number of likely N-dealkylation sites (tertiary alicyclic amines) is 1. The lowest BCUT2D eigenvalue weighted by molar-refractivity contribution is -0.137. The van der Waals surface area contributed by atoms with Gasteiger partial charge in [0.15, 0.2) is 0 Å². The standard InChI is InChI=1S/C28H32F3N7O2/c1-3-25(39)36-11-13-37(14-12-36)26-20-7-10-38(24-16-33-8-6-22(24)28(29,30)31)17-23(20)34-27(21(26)15-32)40-18-19-5-4-9-35(19)2/h3,6,8,16,19H,1,4-5,7,9-14,17-18H2,2H3. The average molecular weight is 556 g/mol. The minimum absolute atomic E-state index is 0.0000368. The molecule has 2 aromatic heterocycles. The van der Waals surface area contributed by atoms with Gasteiger partial charge in [0.1, 0.15) is 18.2 Å². The van der Waals surface area contributed by atoms with Gasteiger partial charge < -0.3 is 24.3 Å². The molecule has 5 heterocycles. The van der Waals surface area contributed by atoms with Crippen molar-refractivity contribution >= 4 is 17.3 Å². The summed E-state index contributed by atoms with van der Waals surface area (Å²) in [4.78, 5) is 28.5. The second kappa shape index (κ2) is 11.3. The number of nitrogens with zero attached hydrogens (tertiary/aromatic N) is 7. The van der Waals surface area contributed by atoms with Crippen molar-refractivity contribution in [3.8, 4) is 11.9 Å². The first-order valence-electron chi connectivity index (χ1n) is 13.4. The van der Waals surface area contributed by atoms with E-state index in [4.69, 9.17) is 9.72 Å². The highest BCUT2D eigenvalue weighted by Gasteiger charge is 2.37. The van der Waals surface area contributed by atoms with Gasteiger partial charge in [-0.3, -0.25) is 9.78 Å². The molecule has 2 saturated heterocycles. The van der Waals surface area contributed by atoms with Crippen molar-refractivity contribution in [3.05, 3.63) is 53.5 Å². The van der Waals surface area contributed by atoms with Crippen LogP contribution in [0.1, 0.15) is 35.2 Å². The third kappa shape index (κ3) is 5.43. The summed E-state index contributed by atoms with van der Waals surface area (Å²) in [5, 5.41) is 10.3. The quantitative estimate of drug-likeness (QED) is 0.502. The van der Waals surface area contributed by atoms with Crippen LogP contribution >= 0.6 is 0 Å². The second-order valence-corrected chi connectivity index (χ2v) is 10.3. The number of alkyl halides is 3. The maximum absolute atomic E-state index is 13.8. The first-order valence-corrected chi connectivity index (χ1v) is 13.4. The van der Waals surface area contributed by atoms with Gasteiger partial charge in [0.25, 0.3) is 0 Å². The highest BCUT2D eigenvalue weighted by Crippen LogP contribution is 2.41. The highest BCUT2D eigenvalue weighted by molar-refractivity contribution is 5.87. The number of amides is 1. The van der Waals surface area contributed by atoms with Crippen LogP contribution < -0.4 is 14.5 Å². The van der Waals surface area contributed by atoms with Crippen molar-refractivity contribution in [2.75, 3.05) is 62.7 Å². The number of piperazine rings is 1. The normalized spacial score (nSPS) is 19.8. The first kappa shape index (κ1) is 27.7. The summed E-state index contributed by atoms with van der Waals surface area (Å²) >= 11 is 0. The molecule has 3 aliphatic rings. The van der Waals surface area contributed by atoms with Crippen LogP contribution in [-0.4, -0.2) is 84.6 Å². The van der Waals surface area contributed by atoms with Crippen LogP contribution in [0.3, 0.4) is 0 Å². The van der Waals surface area contributed by atoms with Crippen LogP contribution in [0.15, 0.2) is 31.1 Å². The van der Waals surface area contributed by atoms with Gasteiger partial charge >= 0.3 is 6.18 Å². The van der Waals surface area contributed by atoms with Crippen LogP contribution in [0.2, 0.25) is 0 Å². The lowest BCUT2D eigenvalue weighted by atomic mass is 9.97. The Balaban J connectivity index is 1.51. The Bertz CT molecular complexity index is 1320. The molecular weight excluding hydrogens is 523 g/mol. The van der Waals surface area contributed by atoms with E-state index >= 15 is 0 Å². The summed E-state index contributed by atoms with van der Waals surface area (Å²) in [5.41, 5.74) is 1.70. The molecule has 1 atom stereocenters. The number of rotatable bonds is 6. The van der Waals surface area contributed by atoms with Crippen LogP contribution in [0, 0.1) is 11.3 Å². The van der Waals surface area contributed by atoms with Gasteiger partial charge in [0.2, 0.25) is 11.8 Å². The Kier molecular flexibility index (Phi) is 7.85. The molecule has 0 saturated carbocycles. The van der Waals surface area contributed by atoms with Crippen molar-refractivity contribution in [2.24, 2.45) is 0 Å². The summed E-state index contributed by atoms with van der Waals surface area (Å²) in [6.07, 6.45) is 1.59. The molecule has 1 amide bonds. The van der Waals surface area contributed by atoms with E-state index in [1.54, 1.807) is 9.80 Å². The van der Waals surface area contributed by atoms with Crippen molar-refractivity contribution in [1.29, 1.82) is 5.26 Å². The second-order valence-electron chi connectivity index (χ2n) is 10.3. The summed E-state index contributed by atoms with van der Waals surface area (Å²) in [7, 11) is 2.03. The number of likely N-dealkylation sites (N-methyl/N-ethyl adjacent to an activating group) is 1. The zero-order valence-electron chi connectivity index (χ0n) is 22.5. The fourth-order valence-electron chi connectivity index (χ4n) is 5.82. The summed E-state index contributed by atoms with van der Waals surface area (Å²) < 4.78 is 47.6. The molecule has 5 rings (SSSR count). The molecule has 0 N–H and O–H groups in total. The molecule has 0 aliphatic carbocycles. The lowest BCUT2D eigenvalue weighted by Gasteiger charge is -2.39. The van der Waals surface area contributed by atoms with Crippen molar-refractivity contribution < 1.29 is 22.7 Å². The number of carbonyl (C=O) groups is 1. The number of halogens is 3. The summed E-state index contributed by atoms with van der Waals surface area (Å²) in [6, 6.07) is 3.49. The largest absolute Gasteiger partial charge is 0.475 e. The zero-order chi connectivity index (χ0) is 28.4. The van der Waals surface area contributed by atoms with E-state index in [0.717, 1.165) is 37.2 Å². The number of nitriles is 1. The summed E-state index contributed by atoms with van der Waals surface area (Å²) in [6.45, 7) is 7.26. The third-order valence-corrected chi connectivity index (χ3v) is 8.02. The maximum atomic E-state index is 13.8. The molecule has 40 heavy (non-hydrogen) atoms. The fraction of sp³-hybridized carbons (Fsp3) is 0.500. The monoisotopic (exact) mass is 555 g/mol. The molecular formula is C28H32F3N7O2. The van der Waals surface area contributed by atoms with Crippen LogP contribution in [0.25, 0.3) is 0 Å². The van der Waals surface area contributed by atoms with Crippen LogP contribution in [0.5, 0.6) is 5.88 Å². The zero-order valence-corrected chi connectivity index (χ0v) is 22.5. The van der Waals surface area contributed by atoms with Crippen molar-refractivity contribution in [1.82, 2.24) is 19.8 Å². The number of aromatic nitrogens is 2. The van der Waals surface area contributed by atoms with Crippen LogP contribution in [-0.2, 0) is 23.9 Å². The van der Waals surface area contributed by atoms with E-state index < -0.39 is 11.7 Å². The van der Waals surface area contributed by atoms with E-state index in [1.807, 2.05) is 7.05 Å². The Labute approximate surface area is 231 Å². The molecule has 0 radical (unpaired) electrons. The Morgan fingerprint density at radius 3 is 2.65 bits per heavy atom. The number of pyridine rings is 2. The van der Waals surface area contributed by atoms with Gasteiger partial charge in [0, 0.05) is 50.5 Å². The van der Waals surface area contributed by atoms with E-state index in [1.165, 1.54) is 12.3 Å². The molecule has 1 unspecified atom stereocenters. The molecule has 212 valence electrons. The Morgan fingerprint density at radius 1 is 1.23 bits per heavy atom. The van der Waals surface area contributed by atoms with Crippen molar-refractivity contribution in [3.63, 3.8) is 0 Å². The SMILES string of the molecule is C=CC(=O)N1CCN(c2c(C#N)c(OCC3CCCN3C)nc3c2CCN(c2cnccc2C(F)(F)F)C3)CC1. The molecule has 12 heteroatoms. The molecule has 0 bridgehead atoms. The Hall–Kier alpha value is -3.85. The van der Waals surface area contributed by atoms with E-state index in [-0.39, 0.29) is 30.1 Å². The van der Waals surface area contributed by atoms with Gasteiger partial charge in [0.05, 0.1) is 35.4 Å². The van der Waals surface area contributed by atoms with Gasteiger partial charge in [-0.1, -0.05) is 6.58 Å². The van der Waals surface area contributed by atoms with E-state index in [2.05, 4.69) is 27.4 Å². The molecule has 0 spiro atoms. The van der Waals surface area contributed by atoms with E-state index in [9.17, 15) is 23.2 Å². The molecule has 3 aliphatic heterocycles. The highest BCUT2D eigenvalue weighted by atomic mass is 19.4. The minimum Gasteiger partial charge on any atom is -0.475 e. The van der Waals surface area contributed by atoms with Crippen LogP contribution in [0.4, 0.5) is 24.5 Å². The minimum atomic E-state index is -4.52. The topological polar surface area (TPSA) is 88.8 Å². The van der Waals surface area contributed by atoms with Gasteiger partial charge in [-0.2, -0.15) is 18.4 Å². The Morgan fingerprint density at radius 2 is 2.00 bits per heavy atom. The van der Waals surface area contributed by atoms with Crippen molar-refractivity contribution in [2.45, 2.75) is 38.0 Å². The molecule has 2 fully saturated rings. The predicted octanol–water partition coefficient (Wildman–Crippen LogP) is 3.24. The van der Waals surface area contributed by atoms with Gasteiger partial charge in [-0.25, -0.2) is 4.98 Å². The number of anilines is 2. The predicted molar refractivity (Wildman–Crippen MR) is 143 cm³/mol. The molecule has 2 aromatic rings. The molecule has 9 nitrogen and oxygen atoms in total. The smallest absolute Gasteiger partial charge is 0.418 e. The number of hydrogen-bond acceptors (Lipinski definition) is 8. The number of carbonyl (C=O) groups excluding carboxylic acids is 1. The number of fused-ring (bicyclic) bond motifs is 1. The third-order valence-electron chi connectivity index (χ3n) is 8.02. The number of ether oxygens (including phenoxy) is 1. The average Bonchev–Trinajstić information content (AvgIpc) is 3.38. The first-order chi connectivity index (χ1) is 19.2. The number of hydrogen-bond donors (Lipinski definition) is 0. The van der Waals surface area contributed by atoms with E-state index in [0.29, 0.717) is 62.7 Å². The van der Waals surface area contributed by atoms with Gasteiger partial charge in [-0.05, 0) is 45.0 Å². The molecule has 0 aromatic carbocycles. The van der Waals surface area contributed by atoms with Gasteiger partial charge in [-0.15, -0.1) is 0 Å². The fourth-order valence-corrected chi connectivity index (χ4v) is 5.82.